The predicted molar refractivity (Wildman–Crippen MR) is 84.7 cm³/mol. The van der Waals surface area contributed by atoms with E-state index in [2.05, 4.69) is 4.98 Å². The number of aryl methyl sites for hydroxylation is 1. The van der Waals surface area contributed by atoms with E-state index in [1.165, 1.54) is 10.3 Å². The zero-order valence-corrected chi connectivity index (χ0v) is 13.2. The van der Waals surface area contributed by atoms with E-state index >= 15 is 0 Å². The van der Waals surface area contributed by atoms with Crippen LogP contribution in [0.1, 0.15) is 12.5 Å². The molecule has 0 spiro atoms. The van der Waals surface area contributed by atoms with Gasteiger partial charge in [-0.05, 0) is 49.7 Å². The van der Waals surface area contributed by atoms with Crippen molar-refractivity contribution in [1.82, 2.24) is 8.96 Å². The molecule has 0 bridgehead atoms. The van der Waals surface area contributed by atoms with Gasteiger partial charge in [0.1, 0.15) is 12.1 Å². The lowest BCUT2D eigenvalue weighted by Crippen LogP contribution is -2.12. The molecule has 0 radical (unpaired) electrons. The largest absolute Gasteiger partial charge is 0.494 e. The number of imidazole rings is 1. The molecule has 1 aromatic heterocycles. The van der Waals surface area contributed by atoms with E-state index in [4.69, 9.17) is 4.74 Å². The Hall–Kier alpha value is -2.34. The van der Waals surface area contributed by atoms with E-state index in [9.17, 15) is 8.42 Å². The Kier molecular flexibility index (Phi) is 3.62. The van der Waals surface area contributed by atoms with Gasteiger partial charge >= 0.3 is 0 Å². The summed E-state index contributed by atoms with van der Waals surface area (Å²) in [6.45, 7) is 4.26. The first-order valence-electron chi connectivity index (χ1n) is 6.95. The SMILES string of the molecule is CCOc1ccc(S(=O)(=O)n2cnc3ccccc32)cc1C. The van der Waals surface area contributed by atoms with Gasteiger partial charge < -0.3 is 4.74 Å². The molecule has 3 rings (SSSR count). The summed E-state index contributed by atoms with van der Waals surface area (Å²) in [6, 6.07) is 12.0. The lowest BCUT2D eigenvalue weighted by molar-refractivity contribution is 0.337. The lowest BCUT2D eigenvalue weighted by Gasteiger charge is -2.10. The van der Waals surface area contributed by atoms with Crippen molar-refractivity contribution in [3.05, 3.63) is 54.4 Å². The molecule has 0 N–H and O–H groups in total. The van der Waals surface area contributed by atoms with Crippen molar-refractivity contribution >= 4 is 21.1 Å². The fraction of sp³-hybridized carbons (Fsp3) is 0.188. The molecule has 0 amide bonds. The van der Waals surface area contributed by atoms with Crippen LogP contribution in [0.3, 0.4) is 0 Å². The molecule has 0 aliphatic carbocycles. The second-order valence-corrected chi connectivity index (χ2v) is 6.71. The number of aromatic nitrogens is 2. The molecule has 5 nitrogen and oxygen atoms in total. The normalized spacial score (nSPS) is 11.7. The molecule has 0 aliphatic heterocycles. The Labute approximate surface area is 129 Å². The molecule has 0 aliphatic rings. The number of hydrogen-bond donors (Lipinski definition) is 0. The van der Waals surface area contributed by atoms with E-state index < -0.39 is 10.0 Å². The third-order valence-electron chi connectivity index (χ3n) is 3.42. The Morgan fingerprint density at radius 2 is 1.95 bits per heavy atom. The second-order valence-electron chi connectivity index (χ2n) is 4.89. The molecular weight excluding hydrogens is 300 g/mol. The number of hydrogen-bond acceptors (Lipinski definition) is 4. The third-order valence-corrected chi connectivity index (χ3v) is 5.08. The highest BCUT2D eigenvalue weighted by Gasteiger charge is 2.20. The van der Waals surface area contributed by atoms with Crippen LogP contribution in [0.5, 0.6) is 5.75 Å². The summed E-state index contributed by atoms with van der Waals surface area (Å²) in [7, 11) is -3.68. The maximum atomic E-state index is 12.8. The van der Waals surface area contributed by atoms with Gasteiger partial charge in [-0.15, -0.1) is 0 Å². The van der Waals surface area contributed by atoms with Crippen LogP contribution in [-0.2, 0) is 10.0 Å². The van der Waals surface area contributed by atoms with Crippen LogP contribution < -0.4 is 4.74 Å². The summed E-state index contributed by atoms with van der Waals surface area (Å²) >= 11 is 0. The van der Waals surface area contributed by atoms with Crippen molar-refractivity contribution < 1.29 is 13.2 Å². The van der Waals surface area contributed by atoms with Gasteiger partial charge in [-0.3, -0.25) is 0 Å². The molecule has 1 heterocycles. The van der Waals surface area contributed by atoms with Gasteiger partial charge in [0.15, 0.2) is 0 Å². The van der Waals surface area contributed by atoms with Crippen molar-refractivity contribution in [2.24, 2.45) is 0 Å². The average molecular weight is 316 g/mol. The first-order valence-corrected chi connectivity index (χ1v) is 8.39. The molecule has 22 heavy (non-hydrogen) atoms. The van der Waals surface area contributed by atoms with Gasteiger partial charge in [-0.2, -0.15) is 0 Å². The Bertz CT molecular complexity index is 929. The predicted octanol–water partition coefficient (Wildman–Crippen LogP) is 2.98. The molecule has 0 unspecified atom stereocenters. The summed E-state index contributed by atoms with van der Waals surface area (Å²) in [5.41, 5.74) is 2.00. The monoisotopic (exact) mass is 316 g/mol. The van der Waals surface area contributed by atoms with Crippen LogP contribution in [0.4, 0.5) is 0 Å². The number of rotatable bonds is 4. The van der Waals surface area contributed by atoms with E-state index in [-0.39, 0.29) is 4.90 Å². The standard InChI is InChI=1S/C16H16N2O3S/c1-3-21-16-9-8-13(10-12(16)2)22(19,20)18-11-17-14-6-4-5-7-15(14)18/h4-11H,3H2,1-2H3. The summed E-state index contributed by atoms with van der Waals surface area (Å²) in [6.07, 6.45) is 1.34. The average Bonchev–Trinajstić information content (AvgIpc) is 2.94. The number of benzene rings is 2. The van der Waals surface area contributed by atoms with E-state index in [0.717, 1.165) is 5.56 Å². The molecule has 2 aromatic carbocycles. The van der Waals surface area contributed by atoms with Crippen LogP contribution in [0.15, 0.2) is 53.7 Å². The van der Waals surface area contributed by atoms with Crippen LogP contribution in [0, 0.1) is 6.92 Å². The van der Waals surface area contributed by atoms with Crippen molar-refractivity contribution in [1.29, 1.82) is 0 Å². The smallest absolute Gasteiger partial charge is 0.269 e. The Morgan fingerprint density at radius 1 is 1.18 bits per heavy atom. The van der Waals surface area contributed by atoms with E-state index in [0.29, 0.717) is 23.4 Å². The van der Waals surface area contributed by atoms with Crippen molar-refractivity contribution in [3.8, 4) is 5.75 Å². The van der Waals surface area contributed by atoms with Gasteiger partial charge in [0.25, 0.3) is 10.0 Å². The highest BCUT2D eigenvalue weighted by molar-refractivity contribution is 7.90. The van der Waals surface area contributed by atoms with Gasteiger partial charge in [-0.1, -0.05) is 12.1 Å². The van der Waals surface area contributed by atoms with Crippen LogP contribution in [-0.4, -0.2) is 24.0 Å². The number of para-hydroxylation sites is 2. The Balaban J connectivity index is 2.12. The highest BCUT2D eigenvalue weighted by Crippen LogP contribution is 2.25. The number of ether oxygens (including phenoxy) is 1. The fourth-order valence-corrected chi connectivity index (χ4v) is 3.72. The number of fused-ring (bicyclic) bond motifs is 1. The summed E-state index contributed by atoms with van der Waals surface area (Å²) in [5, 5.41) is 0. The van der Waals surface area contributed by atoms with Gasteiger partial charge in [0.05, 0.1) is 22.5 Å². The fourth-order valence-electron chi connectivity index (χ4n) is 2.34. The molecule has 0 saturated heterocycles. The van der Waals surface area contributed by atoms with Gasteiger partial charge in [0, 0.05) is 0 Å². The maximum Gasteiger partial charge on any atom is 0.269 e. The van der Waals surface area contributed by atoms with Crippen LogP contribution in [0.2, 0.25) is 0 Å². The molecule has 114 valence electrons. The summed E-state index contributed by atoms with van der Waals surface area (Å²) in [5.74, 6) is 0.692. The third kappa shape index (κ3) is 2.35. The Morgan fingerprint density at radius 3 is 2.68 bits per heavy atom. The molecule has 6 heteroatoms. The molecule has 0 fully saturated rings. The minimum atomic E-state index is -3.68. The molecular formula is C16H16N2O3S. The zero-order valence-electron chi connectivity index (χ0n) is 12.4. The van der Waals surface area contributed by atoms with Crippen molar-refractivity contribution in [2.75, 3.05) is 6.61 Å². The first-order chi connectivity index (χ1) is 10.5. The highest BCUT2D eigenvalue weighted by atomic mass is 32.2. The van der Waals surface area contributed by atoms with Crippen LogP contribution in [0.25, 0.3) is 11.0 Å². The maximum absolute atomic E-state index is 12.8. The number of nitrogens with zero attached hydrogens (tertiary/aromatic N) is 2. The topological polar surface area (TPSA) is 61.2 Å². The summed E-state index contributed by atoms with van der Waals surface area (Å²) in [4.78, 5) is 4.36. The minimum Gasteiger partial charge on any atom is -0.494 e. The summed E-state index contributed by atoms with van der Waals surface area (Å²) < 4.78 is 32.3. The lowest BCUT2D eigenvalue weighted by atomic mass is 10.2. The second kappa shape index (κ2) is 5.46. The quantitative estimate of drug-likeness (QED) is 0.742. The molecule has 3 aromatic rings. The minimum absolute atomic E-state index is 0.219. The van der Waals surface area contributed by atoms with Crippen molar-refractivity contribution in [2.45, 2.75) is 18.7 Å². The van der Waals surface area contributed by atoms with E-state index in [1.54, 1.807) is 36.4 Å². The van der Waals surface area contributed by atoms with Crippen LogP contribution >= 0.6 is 0 Å². The first kappa shape index (κ1) is 14.6. The molecule has 0 atom stereocenters. The molecule has 0 saturated carbocycles. The van der Waals surface area contributed by atoms with E-state index in [1.807, 2.05) is 19.9 Å². The van der Waals surface area contributed by atoms with Gasteiger partial charge in [0.2, 0.25) is 0 Å². The van der Waals surface area contributed by atoms with Gasteiger partial charge in [-0.25, -0.2) is 17.4 Å². The zero-order chi connectivity index (χ0) is 15.7. The van der Waals surface area contributed by atoms with Crippen molar-refractivity contribution in [3.63, 3.8) is 0 Å².